The van der Waals surface area contributed by atoms with Crippen molar-refractivity contribution in [1.82, 2.24) is 15.0 Å². The van der Waals surface area contributed by atoms with Crippen LogP contribution in [0.1, 0.15) is 0 Å². The number of hydrogen-bond donors (Lipinski definition) is 3. The third-order valence-corrected chi connectivity index (χ3v) is 2.78. The Labute approximate surface area is 104 Å². The van der Waals surface area contributed by atoms with E-state index >= 15 is 0 Å². The Bertz CT molecular complexity index is 674. The minimum Gasteiger partial charge on any atom is -0.373 e. The molecule has 0 radical (unpaired) electrons. The molecule has 0 aliphatic heterocycles. The van der Waals surface area contributed by atoms with Crippen LogP contribution >= 0.6 is 0 Å². The molecule has 0 amide bonds. The van der Waals surface area contributed by atoms with E-state index in [9.17, 15) is 0 Å². The van der Waals surface area contributed by atoms with Gasteiger partial charge in [-0.3, -0.25) is 0 Å². The van der Waals surface area contributed by atoms with Crippen molar-refractivity contribution in [3.63, 3.8) is 0 Å². The van der Waals surface area contributed by atoms with Gasteiger partial charge in [-0.1, -0.05) is 18.2 Å². The number of rotatable bonds is 3. The minimum atomic E-state index is 0.763. The molecule has 2 aromatic heterocycles. The van der Waals surface area contributed by atoms with Crippen molar-refractivity contribution < 1.29 is 0 Å². The molecule has 0 fully saturated rings. The van der Waals surface area contributed by atoms with E-state index in [-0.39, 0.29) is 0 Å². The van der Waals surface area contributed by atoms with Gasteiger partial charge in [-0.05, 0) is 6.07 Å². The zero-order chi connectivity index (χ0) is 12.4. The van der Waals surface area contributed by atoms with Gasteiger partial charge in [0.15, 0.2) is 0 Å². The van der Waals surface area contributed by atoms with Crippen LogP contribution in [0.25, 0.3) is 10.9 Å². The first kappa shape index (κ1) is 10.6. The molecule has 0 aliphatic carbocycles. The normalized spacial score (nSPS) is 10.5. The molecule has 0 spiro atoms. The highest BCUT2D eigenvalue weighted by atomic mass is 15.1. The predicted molar refractivity (Wildman–Crippen MR) is 73.2 cm³/mol. The summed E-state index contributed by atoms with van der Waals surface area (Å²) in [5.41, 5.74) is 2.11. The third kappa shape index (κ3) is 1.86. The lowest BCUT2D eigenvalue weighted by Crippen LogP contribution is -1.97. The van der Waals surface area contributed by atoms with Gasteiger partial charge in [0.2, 0.25) is 0 Å². The monoisotopic (exact) mass is 239 g/mol. The van der Waals surface area contributed by atoms with Crippen molar-refractivity contribution in [3.05, 3.63) is 42.9 Å². The SMILES string of the molecule is CNc1cc(Nc2c[nH]c3ccccc23)ncn1. The van der Waals surface area contributed by atoms with Gasteiger partial charge in [-0.2, -0.15) is 0 Å². The molecular formula is C13H13N5. The molecule has 0 unspecified atom stereocenters. The van der Waals surface area contributed by atoms with Crippen LogP contribution in [0.15, 0.2) is 42.9 Å². The predicted octanol–water partition coefficient (Wildman–Crippen LogP) is 2.74. The van der Waals surface area contributed by atoms with Crippen molar-refractivity contribution >= 4 is 28.2 Å². The number of aromatic nitrogens is 3. The molecular weight excluding hydrogens is 226 g/mol. The van der Waals surface area contributed by atoms with Crippen molar-refractivity contribution in [1.29, 1.82) is 0 Å². The molecule has 2 heterocycles. The highest BCUT2D eigenvalue weighted by Crippen LogP contribution is 2.25. The molecule has 18 heavy (non-hydrogen) atoms. The number of aromatic amines is 1. The average Bonchev–Trinajstić information content (AvgIpc) is 2.83. The van der Waals surface area contributed by atoms with E-state index in [1.165, 1.54) is 6.33 Å². The molecule has 5 nitrogen and oxygen atoms in total. The maximum atomic E-state index is 4.19. The lowest BCUT2D eigenvalue weighted by atomic mass is 10.2. The summed E-state index contributed by atoms with van der Waals surface area (Å²) in [6, 6.07) is 9.99. The summed E-state index contributed by atoms with van der Waals surface area (Å²) in [5.74, 6) is 1.55. The van der Waals surface area contributed by atoms with E-state index in [0.717, 1.165) is 28.2 Å². The number of H-pyrrole nitrogens is 1. The van der Waals surface area contributed by atoms with Gasteiger partial charge in [0.05, 0.1) is 5.69 Å². The van der Waals surface area contributed by atoms with Crippen molar-refractivity contribution in [2.75, 3.05) is 17.7 Å². The summed E-state index contributed by atoms with van der Waals surface area (Å²) in [7, 11) is 1.83. The first-order valence-electron chi connectivity index (χ1n) is 5.70. The number of anilines is 3. The molecule has 0 atom stereocenters. The summed E-state index contributed by atoms with van der Waals surface area (Å²) in [4.78, 5) is 11.5. The molecule has 5 heteroatoms. The zero-order valence-electron chi connectivity index (χ0n) is 9.94. The standard InChI is InChI=1S/C13H13N5/c1-14-12-6-13(17-8-16-12)18-11-7-15-10-5-3-2-4-9(10)11/h2-8,15H,1H3,(H2,14,16,17,18). The number of hydrogen-bond acceptors (Lipinski definition) is 4. The molecule has 90 valence electrons. The number of para-hydroxylation sites is 1. The topological polar surface area (TPSA) is 65.6 Å². The van der Waals surface area contributed by atoms with Crippen LogP contribution in [0, 0.1) is 0 Å². The van der Waals surface area contributed by atoms with E-state index in [0.29, 0.717) is 0 Å². The summed E-state index contributed by atoms with van der Waals surface area (Å²) >= 11 is 0. The van der Waals surface area contributed by atoms with Crippen molar-refractivity contribution in [3.8, 4) is 0 Å². The van der Waals surface area contributed by atoms with E-state index in [1.54, 1.807) is 0 Å². The number of nitrogens with zero attached hydrogens (tertiary/aromatic N) is 2. The Morgan fingerprint density at radius 1 is 1.11 bits per heavy atom. The molecule has 0 bridgehead atoms. The Morgan fingerprint density at radius 2 is 1.94 bits per heavy atom. The Morgan fingerprint density at radius 3 is 2.83 bits per heavy atom. The third-order valence-electron chi connectivity index (χ3n) is 2.78. The fourth-order valence-electron chi connectivity index (χ4n) is 1.88. The van der Waals surface area contributed by atoms with Gasteiger partial charge in [0.1, 0.15) is 18.0 Å². The second kappa shape index (κ2) is 4.37. The van der Waals surface area contributed by atoms with Gasteiger partial charge in [0.25, 0.3) is 0 Å². The van der Waals surface area contributed by atoms with Crippen LogP contribution in [0.3, 0.4) is 0 Å². The summed E-state index contributed by atoms with van der Waals surface area (Å²) < 4.78 is 0. The summed E-state index contributed by atoms with van der Waals surface area (Å²) in [6.07, 6.45) is 3.47. The maximum absolute atomic E-state index is 4.19. The van der Waals surface area contributed by atoms with E-state index < -0.39 is 0 Å². The second-order valence-corrected chi connectivity index (χ2v) is 3.91. The summed E-state index contributed by atoms with van der Waals surface area (Å²) in [5, 5.41) is 7.41. The number of benzene rings is 1. The highest BCUT2D eigenvalue weighted by molar-refractivity contribution is 5.93. The average molecular weight is 239 g/mol. The molecule has 0 aliphatic rings. The zero-order valence-corrected chi connectivity index (χ0v) is 9.94. The fraction of sp³-hybridized carbons (Fsp3) is 0.0769. The van der Waals surface area contributed by atoms with E-state index in [4.69, 9.17) is 0 Å². The molecule has 3 rings (SSSR count). The molecule has 0 saturated carbocycles. The van der Waals surface area contributed by atoms with Crippen LogP contribution < -0.4 is 10.6 Å². The minimum absolute atomic E-state index is 0.763. The first-order chi connectivity index (χ1) is 8.86. The van der Waals surface area contributed by atoms with Gasteiger partial charge < -0.3 is 15.6 Å². The van der Waals surface area contributed by atoms with Crippen molar-refractivity contribution in [2.24, 2.45) is 0 Å². The number of fused-ring (bicyclic) bond motifs is 1. The van der Waals surface area contributed by atoms with Gasteiger partial charge >= 0.3 is 0 Å². The van der Waals surface area contributed by atoms with Crippen LogP contribution in [-0.4, -0.2) is 22.0 Å². The van der Waals surface area contributed by atoms with Gasteiger partial charge in [0, 0.05) is 30.2 Å². The summed E-state index contributed by atoms with van der Waals surface area (Å²) in [6.45, 7) is 0. The fourth-order valence-corrected chi connectivity index (χ4v) is 1.88. The molecule has 1 aromatic carbocycles. The van der Waals surface area contributed by atoms with Crippen LogP contribution in [0.5, 0.6) is 0 Å². The lowest BCUT2D eigenvalue weighted by molar-refractivity contribution is 1.16. The largest absolute Gasteiger partial charge is 0.373 e. The smallest absolute Gasteiger partial charge is 0.135 e. The van der Waals surface area contributed by atoms with Crippen LogP contribution in [0.4, 0.5) is 17.3 Å². The number of nitrogens with one attached hydrogen (secondary N) is 3. The van der Waals surface area contributed by atoms with Crippen LogP contribution in [-0.2, 0) is 0 Å². The first-order valence-corrected chi connectivity index (χ1v) is 5.70. The quantitative estimate of drug-likeness (QED) is 0.657. The molecule has 3 N–H and O–H groups in total. The molecule has 3 aromatic rings. The van der Waals surface area contributed by atoms with Crippen LogP contribution in [0.2, 0.25) is 0 Å². The van der Waals surface area contributed by atoms with Gasteiger partial charge in [-0.15, -0.1) is 0 Å². The Balaban J connectivity index is 1.96. The van der Waals surface area contributed by atoms with E-state index in [1.807, 2.05) is 37.5 Å². The Hall–Kier alpha value is -2.56. The highest BCUT2D eigenvalue weighted by Gasteiger charge is 2.04. The lowest BCUT2D eigenvalue weighted by Gasteiger charge is -2.05. The molecule has 0 saturated heterocycles. The Kier molecular flexibility index (Phi) is 2.57. The van der Waals surface area contributed by atoms with Gasteiger partial charge in [-0.25, -0.2) is 9.97 Å². The maximum Gasteiger partial charge on any atom is 0.135 e. The van der Waals surface area contributed by atoms with E-state index in [2.05, 4.69) is 31.7 Å². The second-order valence-electron chi connectivity index (χ2n) is 3.91. The van der Waals surface area contributed by atoms with Crippen molar-refractivity contribution in [2.45, 2.75) is 0 Å².